The lowest BCUT2D eigenvalue weighted by molar-refractivity contribution is 0.630. The van der Waals surface area contributed by atoms with Crippen molar-refractivity contribution >= 4 is 34.8 Å². The average molecular weight is 273 g/mol. The molecule has 0 radical (unpaired) electrons. The van der Waals surface area contributed by atoms with E-state index in [1.54, 1.807) is 19.1 Å². The van der Waals surface area contributed by atoms with Gasteiger partial charge in [-0.2, -0.15) is 15.0 Å². The second kappa shape index (κ2) is 4.81. The summed E-state index contributed by atoms with van der Waals surface area (Å²) in [7, 11) is 0. The molecule has 0 aliphatic carbocycles. The van der Waals surface area contributed by atoms with Crippen molar-refractivity contribution in [2.24, 2.45) is 0 Å². The number of nitrogens with one attached hydrogen (secondary N) is 1. The third kappa shape index (κ3) is 2.81. The fourth-order valence-corrected chi connectivity index (χ4v) is 1.65. The largest absolute Gasteiger partial charge is 0.321 e. The number of anilines is 2. The summed E-state index contributed by atoms with van der Waals surface area (Å²) in [6.45, 7) is 1.76. The van der Waals surface area contributed by atoms with Gasteiger partial charge in [0.1, 0.15) is 5.82 Å². The number of aromatic nitrogens is 3. The van der Waals surface area contributed by atoms with Crippen LogP contribution in [0.25, 0.3) is 0 Å². The van der Waals surface area contributed by atoms with Crippen molar-refractivity contribution in [1.29, 1.82) is 0 Å². The van der Waals surface area contributed by atoms with Gasteiger partial charge in [-0.3, -0.25) is 0 Å². The third-order valence-electron chi connectivity index (χ3n) is 2.04. The highest BCUT2D eigenvalue weighted by Crippen LogP contribution is 2.22. The third-order valence-corrected chi connectivity index (χ3v) is 2.38. The summed E-state index contributed by atoms with van der Waals surface area (Å²) in [6, 6.07) is 4.71. The molecule has 0 saturated heterocycles. The lowest BCUT2D eigenvalue weighted by Crippen LogP contribution is -2.02. The Kier molecular flexibility index (Phi) is 3.40. The molecule has 0 saturated carbocycles. The Morgan fingerprint density at radius 1 is 1.12 bits per heavy atom. The zero-order chi connectivity index (χ0) is 12.4. The molecule has 0 atom stereocenters. The first-order valence-electron chi connectivity index (χ1n) is 4.65. The van der Waals surface area contributed by atoms with Crippen LogP contribution < -0.4 is 5.32 Å². The van der Waals surface area contributed by atoms with Crippen LogP contribution in [-0.2, 0) is 0 Å². The first-order chi connectivity index (χ1) is 8.06. The number of hydrogen-bond donors (Lipinski definition) is 1. The van der Waals surface area contributed by atoms with Crippen LogP contribution in [-0.4, -0.2) is 15.0 Å². The van der Waals surface area contributed by atoms with Crippen LogP contribution in [0.4, 0.5) is 16.0 Å². The zero-order valence-electron chi connectivity index (χ0n) is 8.71. The molecule has 0 aliphatic heterocycles. The Balaban J connectivity index is 2.38. The highest BCUT2D eigenvalue weighted by atomic mass is 35.5. The van der Waals surface area contributed by atoms with Crippen molar-refractivity contribution in [2.45, 2.75) is 6.92 Å². The molecule has 0 amide bonds. The van der Waals surface area contributed by atoms with Crippen molar-refractivity contribution in [3.05, 3.63) is 40.1 Å². The van der Waals surface area contributed by atoms with Crippen LogP contribution in [0.15, 0.2) is 18.2 Å². The van der Waals surface area contributed by atoms with Crippen LogP contribution >= 0.6 is 23.2 Å². The van der Waals surface area contributed by atoms with Gasteiger partial charge in [0, 0.05) is 0 Å². The molecule has 88 valence electrons. The van der Waals surface area contributed by atoms with Crippen LogP contribution in [0.5, 0.6) is 0 Å². The number of rotatable bonds is 2. The number of hydrogen-bond acceptors (Lipinski definition) is 4. The second-order valence-electron chi connectivity index (χ2n) is 3.25. The van der Waals surface area contributed by atoms with E-state index in [9.17, 15) is 4.39 Å². The van der Waals surface area contributed by atoms with Crippen molar-refractivity contribution in [3.63, 3.8) is 0 Å². The van der Waals surface area contributed by atoms with Gasteiger partial charge in [0.25, 0.3) is 0 Å². The Labute approximate surface area is 107 Å². The smallest absolute Gasteiger partial charge is 0.232 e. The maximum absolute atomic E-state index is 13.5. The van der Waals surface area contributed by atoms with Gasteiger partial charge in [-0.25, -0.2) is 4.39 Å². The van der Waals surface area contributed by atoms with Gasteiger partial charge in [-0.15, -0.1) is 0 Å². The summed E-state index contributed by atoms with van der Waals surface area (Å²) in [5.74, 6) is -0.305. The molecule has 1 aromatic heterocycles. The monoisotopic (exact) mass is 272 g/mol. The van der Waals surface area contributed by atoms with E-state index in [1.165, 1.54) is 6.07 Å². The Morgan fingerprint density at radius 3 is 2.35 bits per heavy atom. The molecule has 0 bridgehead atoms. The van der Waals surface area contributed by atoms with Gasteiger partial charge in [0.2, 0.25) is 16.5 Å². The summed E-state index contributed by atoms with van der Waals surface area (Å²) in [5, 5.41) is 2.61. The van der Waals surface area contributed by atoms with Gasteiger partial charge in [-0.1, -0.05) is 12.1 Å². The van der Waals surface area contributed by atoms with Gasteiger partial charge in [-0.05, 0) is 41.8 Å². The normalized spacial score (nSPS) is 10.4. The van der Waals surface area contributed by atoms with E-state index in [-0.39, 0.29) is 22.2 Å². The summed E-state index contributed by atoms with van der Waals surface area (Å²) >= 11 is 11.2. The van der Waals surface area contributed by atoms with Crippen LogP contribution in [0.2, 0.25) is 10.6 Å². The van der Waals surface area contributed by atoms with Crippen molar-refractivity contribution in [1.82, 2.24) is 15.0 Å². The number of para-hydroxylation sites is 1. The molecule has 0 unspecified atom stereocenters. The first-order valence-corrected chi connectivity index (χ1v) is 5.41. The Morgan fingerprint density at radius 2 is 1.76 bits per heavy atom. The minimum Gasteiger partial charge on any atom is -0.321 e. The van der Waals surface area contributed by atoms with Crippen molar-refractivity contribution in [3.8, 4) is 0 Å². The molecular formula is C10H7Cl2FN4. The molecule has 1 N–H and O–H groups in total. The van der Waals surface area contributed by atoms with Crippen molar-refractivity contribution in [2.75, 3.05) is 5.32 Å². The average Bonchev–Trinajstić information content (AvgIpc) is 2.22. The molecule has 4 nitrogen and oxygen atoms in total. The molecule has 7 heteroatoms. The first kappa shape index (κ1) is 12.0. The molecule has 1 heterocycles. The Bertz CT molecular complexity index is 521. The van der Waals surface area contributed by atoms with E-state index in [0.717, 1.165) is 5.56 Å². The number of halogens is 3. The van der Waals surface area contributed by atoms with Gasteiger partial charge in [0.05, 0.1) is 5.69 Å². The fraction of sp³-hybridized carbons (Fsp3) is 0.100. The zero-order valence-corrected chi connectivity index (χ0v) is 10.2. The number of aryl methyl sites for hydroxylation is 1. The summed E-state index contributed by atoms with van der Waals surface area (Å²) < 4.78 is 13.5. The predicted octanol–water partition coefficient (Wildman–Crippen LogP) is 3.37. The number of nitrogens with zero attached hydrogens (tertiary/aromatic N) is 3. The SMILES string of the molecule is Cc1cccc(F)c1Nc1nc(Cl)nc(Cl)n1. The highest BCUT2D eigenvalue weighted by molar-refractivity contribution is 6.31. The van der Waals surface area contributed by atoms with Gasteiger partial charge >= 0.3 is 0 Å². The summed E-state index contributed by atoms with van der Waals surface area (Å²) in [4.78, 5) is 11.2. The topological polar surface area (TPSA) is 50.7 Å². The number of benzene rings is 1. The maximum atomic E-state index is 13.5. The van der Waals surface area contributed by atoms with E-state index >= 15 is 0 Å². The molecule has 0 fully saturated rings. The second-order valence-corrected chi connectivity index (χ2v) is 3.93. The van der Waals surface area contributed by atoms with E-state index in [1.807, 2.05) is 0 Å². The molecule has 17 heavy (non-hydrogen) atoms. The lowest BCUT2D eigenvalue weighted by Gasteiger charge is -2.08. The molecule has 2 rings (SSSR count). The van der Waals surface area contributed by atoms with E-state index in [2.05, 4.69) is 20.3 Å². The quantitative estimate of drug-likeness (QED) is 0.911. The van der Waals surface area contributed by atoms with E-state index in [0.29, 0.717) is 0 Å². The predicted molar refractivity (Wildman–Crippen MR) is 64.3 cm³/mol. The fourth-order valence-electron chi connectivity index (χ4n) is 1.28. The van der Waals surface area contributed by atoms with Crippen LogP contribution in [0.3, 0.4) is 0 Å². The minimum atomic E-state index is -0.405. The maximum Gasteiger partial charge on any atom is 0.232 e. The molecule has 0 aliphatic rings. The van der Waals surface area contributed by atoms with Crippen molar-refractivity contribution < 1.29 is 4.39 Å². The van der Waals surface area contributed by atoms with E-state index in [4.69, 9.17) is 23.2 Å². The van der Waals surface area contributed by atoms with Gasteiger partial charge < -0.3 is 5.32 Å². The molecule has 0 spiro atoms. The van der Waals surface area contributed by atoms with Gasteiger partial charge in [0.15, 0.2) is 0 Å². The molecule has 1 aromatic carbocycles. The molecular weight excluding hydrogens is 266 g/mol. The Hall–Kier alpha value is -1.46. The summed E-state index contributed by atoms with van der Waals surface area (Å²) in [6.07, 6.45) is 0. The van der Waals surface area contributed by atoms with Crippen LogP contribution in [0, 0.1) is 12.7 Å². The highest BCUT2D eigenvalue weighted by Gasteiger charge is 2.08. The van der Waals surface area contributed by atoms with E-state index < -0.39 is 5.82 Å². The standard InChI is InChI=1S/C10H7Cl2FN4/c1-5-3-2-4-6(13)7(5)14-10-16-8(11)15-9(12)17-10/h2-4H,1H3,(H,14,15,16,17). The lowest BCUT2D eigenvalue weighted by atomic mass is 10.2. The minimum absolute atomic E-state index is 0.0542. The molecule has 2 aromatic rings. The summed E-state index contributed by atoms with van der Waals surface area (Å²) in [5.41, 5.74) is 1.00. The van der Waals surface area contributed by atoms with Crippen LogP contribution in [0.1, 0.15) is 5.56 Å².